The molecule has 1 saturated heterocycles. The van der Waals surface area contributed by atoms with Crippen LogP contribution in [0.1, 0.15) is 49.1 Å². The van der Waals surface area contributed by atoms with Crippen LogP contribution >= 0.6 is 0 Å². The van der Waals surface area contributed by atoms with Crippen LogP contribution < -0.4 is 10.6 Å². The first kappa shape index (κ1) is 11.6. The third-order valence-corrected chi connectivity index (χ3v) is 3.92. The summed E-state index contributed by atoms with van der Waals surface area (Å²) >= 11 is 0. The predicted molar refractivity (Wildman–Crippen MR) is 64.2 cm³/mol. The van der Waals surface area contributed by atoms with Crippen molar-refractivity contribution < 1.29 is 9.32 Å². The lowest BCUT2D eigenvalue weighted by atomic mass is 9.84. The van der Waals surface area contributed by atoms with Crippen LogP contribution in [0.4, 0.5) is 0 Å². The molecule has 0 radical (unpaired) electrons. The third-order valence-electron chi connectivity index (χ3n) is 3.92. The van der Waals surface area contributed by atoms with Gasteiger partial charge in [-0.3, -0.25) is 4.79 Å². The van der Waals surface area contributed by atoms with E-state index >= 15 is 0 Å². The van der Waals surface area contributed by atoms with Crippen LogP contribution in [0.3, 0.4) is 0 Å². The van der Waals surface area contributed by atoms with Crippen molar-refractivity contribution in [2.75, 3.05) is 13.1 Å². The highest BCUT2D eigenvalue weighted by Gasteiger charge is 2.40. The second kappa shape index (κ2) is 4.35. The molecular weight excluding hydrogens is 232 g/mol. The summed E-state index contributed by atoms with van der Waals surface area (Å²) in [5.41, 5.74) is -0.0922. The quantitative estimate of drug-likeness (QED) is 0.818. The van der Waals surface area contributed by atoms with Crippen molar-refractivity contribution >= 4 is 5.91 Å². The molecule has 1 amide bonds. The van der Waals surface area contributed by atoms with Crippen LogP contribution in [0.25, 0.3) is 0 Å². The first-order valence-electron chi connectivity index (χ1n) is 6.59. The molecule has 18 heavy (non-hydrogen) atoms. The van der Waals surface area contributed by atoms with Crippen molar-refractivity contribution in [3.8, 4) is 0 Å². The number of nitrogens with one attached hydrogen (secondary N) is 2. The highest BCUT2D eigenvalue weighted by molar-refractivity contribution is 5.90. The molecule has 6 nitrogen and oxygen atoms in total. The summed E-state index contributed by atoms with van der Waals surface area (Å²) in [6.45, 7) is 3.91. The largest absolute Gasteiger partial charge is 0.346 e. The zero-order chi connectivity index (χ0) is 12.6. The molecule has 2 fully saturated rings. The number of carbonyl (C=O) groups is 1. The van der Waals surface area contributed by atoms with Gasteiger partial charge in [0.2, 0.25) is 5.89 Å². The lowest BCUT2D eigenvalue weighted by Gasteiger charge is -2.20. The number of hydrogen-bond acceptors (Lipinski definition) is 5. The van der Waals surface area contributed by atoms with Crippen LogP contribution in [0, 0.1) is 0 Å². The Labute approximate surface area is 106 Å². The summed E-state index contributed by atoms with van der Waals surface area (Å²) < 4.78 is 5.30. The first-order valence-corrected chi connectivity index (χ1v) is 6.59. The van der Waals surface area contributed by atoms with E-state index in [1.807, 2.05) is 0 Å². The maximum atomic E-state index is 11.8. The molecule has 2 N–H and O–H groups in total. The lowest BCUT2D eigenvalue weighted by molar-refractivity contribution is 0.0937. The molecule has 1 atom stereocenters. The molecule has 1 aliphatic carbocycles. The zero-order valence-corrected chi connectivity index (χ0v) is 10.5. The van der Waals surface area contributed by atoms with E-state index in [1.54, 1.807) is 0 Å². The number of amides is 1. The molecule has 0 spiro atoms. The molecular formula is C12H18N4O2. The second-order valence-electron chi connectivity index (χ2n) is 5.23. The average Bonchev–Trinajstić information content (AvgIpc) is 2.90. The highest BCUT2D eigenvalue weighted by atomic mass is 16.5. The van der Waals surface area contributed by atoms with Gasteiger partial charge < -0.3 is 15.2 Å². The highest BCUT2D eigenvalue weighted by Crippen LogP contribution is 2.32. The van der Waals surface area contributed by atoms with Gasteiger partial charge in [-0.15, -0.1) is 0 Å². The fourth-order valence-corrected chi connectivity index (χ4v) is 2.39. The van der Waals surface area contributed by atoms with Gasteiger partial charge in [-0.25, -0.2) is 0 Å². The van der Waals surface area contributed by atoms with Gasteiger partial charge in [0.1, 0.15) is 0 Å². The number of rotatable bonds is 4. The van der Waals surface area contributed by atoms with Crippen molar-refractivity contribution in [1.82, 2.24) is 20.8 Å². The van der Waals surface area contributed by atoms with E-state index < -0.39 is 0 Å². The van der Waals surface area contributed by atoms with Gasteiger partial charge >= 0.3 is 0 Å². The van der Waals surface area contributed by atoms with Gasteiger partial charge in [0, 0.05) is 12.6 Å². The maximum Gasteiger partial charge on any atom is 0.292 e. The Balaban J connectivity index is 1.77. The van der Waals surface area contributed by atoms with Gasteiger partial charge in [0.25, 0.3) is 11.7 Å². The molecule has 98 valence electrons. The molecule has 1 saturated carbocycles. The smallest absolute Gasteiger partial charge is 0.292 e. The fraction of sp³-hybridized carbons (Fsp3) is 0.750. The minimum Gasteiger partial charge on any atom is -0.346 e. The second-order valence-corrected chi connectivity index (χ2v) is 5.23. The molecule has 2 heterocycles. The van der Waals surface area contributed by atoms with Crippen LogP contribution in [0.2, 0.25) is 0 Å². The van der Waals surface area contributed by atoms with E-state index in [0.29, 0.717) is 11.9 Å². The summed E-state index contributed by atoms with van der Waals surface area (Å²) in [6.07, 6.45) is 4.03. The van der Waals surface area contributed by atoms with E-state index in [9.17, 15) is 4.79 Å². The Morgan fingerprint density at radius 2 is 2.44 bits per heavy atom. The predicted octanol–water partition coefficient (Wildman–Crippen LogP) is 0.603. The van der Waals surface area contributed by atoms with Crippen LogP contribution in [0.5, 0.6) is 0 Å². The van der Waals surface area contributed by atoms with E-state index in [2.05, 4.69) is 27.7 Å². The molecule has 3 rings (SSSR count). The van der Waals surface area contributed by atoms with Gasteiger partial charge in [-0.1, -0.05) is 12.1 Å². The minimum absolute atomic E-state index is 0.0922. The molecule has 1 aromatic heterocycles. The summed E-state index contributed by atoms with van der Waals surface area (Å²) in [5.74, 6) is 0.539. The Bertz CT molecular complexity index is 447. The van der Waals surface area contributed by atoms with Crippen LogP contribution in [0.15, 0.2) is 4.52 Å². The number of hydrogen-bond donors (Lipinski definition) is 2. The van der Waals surface area contributed by atoms with Crippen molar-refractivity contribution in [3.05, 3.63) is 11.7 Å². The number of carbonyl (C=O) groups excluding carboxylic acids is 1. The summed E-state index contributed by atoms with van der Waals surface area (Å²) in [5, 5.41) is 9.99. The molecule has 2 aliphatic rings. The monoisotopic (exact) mass is 250 g/mol. The Kier molecular flexibility index (Phi) is 2.81. The van der Waals surface area contributed by atoms with E-state index in [4.69, 9.17) is 4.52 Å². The number of aromatic nitrogens is 2. The topological polar surface area (TPSA) is 80.1 Å². The zero-order valence-electron chi connectivity index (χ0n) is 10.5. The van der Waals surface area contributed by atoms with Gasteiger partial charge in [0.15, 0.2) is 0 Å². The molecule has 1 aromatic rings. The lowest BCUT2D eigenvalue weighted by Crippen LogP contribution is -2.29. The SMILES string of the molecule is CCC1(c2nc(C(=O)NC3CC3)no2)CCNC1. The molecule has 6 heteroatoms. The van der Waals surface area contributed by atoms with Crippen molar-refractivity contribution in [1.29, 1.82) is 0 Å². The van der Waals surface area contributed by atoms with Gasteiger partial charge in [-0.05, 0) is 32.2 Å². The van der Waals surface area contributed by atoms with Crippen LogP contribution in [-0.2, 0) is 5.41 Å². The standard InChI is InChI=1S/C12H18N4O2/c1-2-12(5-6-13-7-12)11-15-9(16-18-11)10(17)14-8-3-4-8/h8,13H,2-7H2,1H3,(H,14,17). The Hall–Kier alpha value is -1.43. The molecule has 0 aromatic carbocycles. The third kappa shape index (κ3) is 2.01. The molecule has 1 unspecified atom stereocenters. The van der Waals surface area contributed by atoms with E-state index in [1.165, 1.54) is 0 Å². The Morgan fingerprint density at radius 3 is 3.06 bits per heavy atom. The molecule has 1 aliphatic heterocycles. The summed E-state index contributed by atoms with van der Waals surface area (Å²) in [7, 11) is 0. The van der Waals surface area contributed by atoms with Gasteiger partial charge in [0.05, 0.1) is 5.41 Å². The first-order chi connectivity index (χ1) is 8.73. The van der Waals surface area contributed by atoms with Crippen LogP contribution in [-0.4, -0.2) is 35.2 Å². The van der Waals surface area contributed by atoms with E-state index in [0.717, 1.165) is 38.8 Å². The maximum absolute atomic E-state index is 11.8. The number of nitrogens with zero attached hydrogens (tertiary/aromatic N) is 2. The summed E-state index contributed by atoms with van der Waals surface area (Å²) in [4.78, 5) is 16.1. The normalized spacial score (nSPS) is 27.4. The summed E-state index contributed by atoms with van der Waals surface area (Å²) in [6, 6.07) is 0.313. The Morgan fingerprint density at radius 1 is 1.61 bits per heavy atom. The average molecular weight is 250 g/mol. The molecule has 0 bridgehead atoms. The van der Waals surface area contributed by atoms with E-state index in [-0.39, 0.29) is 17.1 Å². The van der Waals surface area contributed by atoms with Crippen molar-refractivity contribution in [2.24, 2.45) is 0 Å². The minimum atomic E-state index is -0.218. The van der Waals surface area contributed by atoms with Crippen molar-refractivity contribution in [3.63, 3.8) is 0 Å². The fourth-order valence-electron chi connectivity index (χ4n) is 2.39. The van der Waals surface area contributed by atoms with Gasteiger partial charge in [-0.2, -0.15) is 4.98 Å². The van der Waals surface area contributed by atoms with Crippen molar-refractivity contribution in [2.45, 2.75) is 44.1 Å².